The third-order valence-electron chi connectivity index (χ3n) is 4.79. The molecule has 0 bridgehead atoms. The molecule has 0 amide bonds. The van der Waals surface area contributed by atoms with Crippen molar-refractivity contribution in [3.05, 3.63) is 81.6 Å². The van der Waals surface area contributed by atoms with E-state index in [0.29, 0.717) is 50.8 Å². The Hall–Kier alpha value is -3.50. The minimum absolute atomic E-state index is 0.0512. The predicted octanol–water partition coefficient (Wildman–Crippen LogP) is 6.65. The summed E-state index contributed by atoms with van der Waals surface area (Å²) >= 11 is 3.52. The minimum Gasteiger partial charge on any atom is -0.493 e. The number of nitriles is 1. The molecule has 3 aromatic rings. The average Bonchev–Trinajstić information content (AvgIpc) is 2.82. The van der Waals surface area contributed by atoms with Crippen LogP contribution in [0.5, 0.6) is 23.0 Å². The van der Waals surface area contributed by atoms with Crippen molar-refractivity contribution >= 4 is 27.6 Å². The first-order chi connectivity index (χ1) is 16.0. The highest BCUT2D eigenvalue weighted by atomic mass is 79.9. The lowest BCUT2D eigenvalue weighted by atomic mass is 10.0. The van der Waals surface area contributed by atoms with Gasteiger partial charge >= 0.3 is 0 Å². The molecule has 0 saturated heterocycles. The maximum atomic E-state index is 14.0. The molecule has 0 atom stereocenters. The van der Waals surface area contributed by atoms with Gasteiger partial charge in [0.05, 0.1) is 36.9 Å². The first kappa shape index (κ1) is 24.1. The molecule has 0 aliphatic heterocycles. The first-order valence-electron chi connectivity index (χ1n) is 10.2. The molecule has 33 heavy (non-hydrogen) atoms. The third kappa shape index (κ3) is 5.85. The van der Waals surface area contributed by atoms with Crippen LogP contribution in [0.4, 0.5) is 4.39 Å². The van der Waals surface area contributed by atoms with Gasteiger partial charge in [0.25, 0.3) is 0 Å². The van der Waals surface area contributed by atoms with Crippen LogP contribution in [-0.4, -0.2) is 20.8 Å². The topological polar surface area (TPSA) is 60.7 Å². The van der Waals surface area contributed by atoms with Crippen LogP contribution >= 0.6 is 15.9 Å². The Morgan fingerprint density at radius 3 is 2.42 bits per heavy atom. The largest absolute Gasteiger partial charge is 0.493 e. The lowest BCUT2D eigenvalue weighted by Crippen LogP contribution is -2.02. The summed E-state index contributed by atoms with van der Waals surface area (Å²) in [7, 11) is 3.10. The van der Waals surface area contributed by atoms with Crippen molar-refractivity contribution in [1.82, 2.24) is 0 Å². The van der Waals surface area contributed by atoms with Gasteiger partial charge in [-0.3, -0.25) is 0 Å². The van der Waals surface area contributed by atoms with E-state index in [4.69, 9.17) is 18.9 Å². The summed E-state index contributed by atoms with van der Waals surface area (Å²) in [5.41, 5.74) is 2.29. The number of methoxy groups -OCH3 is 2. The van der Waals surface area contributed by atoms with Gasteiger partial charge in [-0.25, -0.2) is 4.39 Å². The number of hydrogen-bond acceptors (Lipinski definition) is 5. The molecule has 0 radical (unpaired) electrons. The molecule has 3 aromatic carbocycles. The highest BCUT2D eigenvalue weighted by Crippen LogP contribution is 2.39. The van der Waals surface area contributed by atoms with Gasteiger partial charge in [-0.2, -0.15) is 5.26 Å². The van der Waals surface area contributed by atoms with Crippen LogP contribution in [0.15, 0.2) is 59.1 Å². The van der Waals surface area contributed by atoms with Crippen molar-refractivity contribution in [3.8, 4) is 29.1 Å². The third-order valence-corrected chi connectivity index (χ3v) is 5.38. The molecular weight excluding hydrogens is 489 g/mol. The van der Waals surface area contributed by atoms with Crippen LogP contribution in [0.3, 0.4) is 0 Å². The average molecular weight is 512 g/mol. The highest BCUT2D eigenvalue weighted by Gasteiger charge is 2.14. The molecule has 0 saturated carbocycles. The molecule has 7 heteroatoms. The first-order valence-corrected chi connectivity index (χ1v) is 11.0. The molecule has 170 valence electrons. The maximum Gasteiger partial charge on any atom is 0.175 e. The number of ether oxygens (including phenoxy) is 4. The van der Waals surface area contributed by atoms with Crippen molar-refractivity contribution in [2.45, 2.75) is 13.5 Å². The summed E-state index contributed by atoms with van der Waals surface area (Å²) < 4.78 is 36.9. The van der Waals surface area contributed by atoms with Crippen LogP contribution in [0.1, 0.15) is 23.6 Å². The zero-order chi connectivity index (χ0) is 23.8. The zero-order valence-electron chi connectivity index (χ0n) is 18.5. The fourth-order valence-electron chi connectivity index (χ4n) is 3.19. The Morgan fingerprint density at radius 1 is 1.00 bits per heavy atom. The van der Waals surface area contributed by atoms with Gasteiger partial charge in [0.15, 0.2) is 23.0 Å². The van der Waals surface area contributed by atoms with Gasteiger partial charge in [-0.15, -0.1) is 0 Å². The second kappa shape index (κ2) is 11.4. The molecule has 0 N–H and O–H groups in total. The van der Waals surface area contributed by atoms with E-state index in [1.807, 2.05) is 13.0 Å². The minimum atomic E-state index is -0.334. The van der Waals surface area contributed by atoms with Crippen molar-refractivity contribution in [2.24, 2.45) is 0 Å². The van der Waals surface area contributed by atoms with Gasteiger partial charge in [0.1, 0.15) is 12.4 Å². The Balaban J connectivity index is 1.95. The SMILES string of the molecule is CCOc1cc(/C=C(\C#N)c2ccc(OC)c(OC)c2)cc(Br)c1OCc1ccccc1F. The summed E-state index contributed by atoms with van der Waals surface area (Å²) in [6.07, 6.45) is 1.75. The maximum absolute atomic E-state index is 14.0. The van der Waals surface area contributed by atoms with E-state index in [9.17, 15) is 9.65 Å². The van der Waals surface area contributed by atoms with Crippen LogP contribution < -0.4 is 18.9 Å². The summed E-state index contributed by atoms with van der Waals surface area (Å²) in [5.74, 6) is 1.72. The van der Waals surface area contributed by atoms with Gasteiger partial charge in [-0.1, -0.05) is 18.2 Å². The number of hydrogen-bond donors (Lipinski definition) is 0. The zero-order valence-corrected chi connectivity index (χ0v) is 20.1. The summed E-state index contributed by atoms with van der Waals surface area (Å²) in [4.78, 5) is 0. The van der Waals surface area contributed by atoms with Crippen LogP contribution in [-0.2, 0) is 6.61 Å². The van der Waals surface area contributed by atoms with E-state index >= 15 is 0 Å². The molecular formula is C26H23BrFNO4. The molecule has 5 nitrogen and oxygen atoms in total. The Kier molecular flexibility index (Phi) is 8.34. The van der Waals surface area contributed by atoms with Crippen molar-refractivity contribution < 1.29 is 23.3 Å². The van der Waals surface area contributed by atoms with E-state index in [0.717, 1.165) is 5.56 Å². The molecule has 0 aliphatic carbocycles. The molecule has 0 aromatic heterocycles. The number of halogens is 2. The summed E-state index contributed by atoms with van der Waals surface area (Å²) in [6.45, 7) is 2.33. The number of nitrogens with zero attached hydrogens (tertiary/aromatic N) is 1. The lowest BCUT2D eigenvalue weighted by molar-refractivity contribution is 0.264. The molecule has 0 aliphatic rings. The Morgan fingerprint density at radius 2 is 1.76 bits per heavy atom. The second-order valence-electron chi connectivity index (χ2n) is 6.88. The smallest absolute Gasteiger partial charge is 0.175 e. The van der Waals surface area contributed by atoms with Crippen molar-refractivity contribution in [2.75, 3.05) is 20.8 Å². The molecule has 0 unspecified atom stereocenters. The van der Waals surface area contributed by atoms with Gasteiger partial charge in [0, 0.05) is 5.56 Å². The summed E-state index contributed by atoms with van der Waals surface area (Å²) in [5, 5.41) is 9.77. The fourth-order valence-corrected chi connectivity index (χ4v) is 3.76. The Labute approximate surface area is 201 Å². The van der Waals surface area contributed by atoms with Crippen molar-refractivity contribution in [1.29, 1.82) is 5.26 Å². The van der Waals surface area contributed by atoms with E-state index in [1.165, 1.54) is 6.07 Å². The number of benzene rings is 3. The van der Waals surface area contributed by atoms with Crippen LogP contribution in [0.2, 0.25) is 0 Å². The van der Waals surface area contributed by atoms with E-state index in [1.54, 1.807) is 62.8 Å². The van der Waals surface area contributed by atoms with Crippen molar-refractivity contribution in [3.63, 3.8) is 0 Å². The number of rotatable bonds is 9. The predicted molar refractivity (Wildman–Crippen MR) is 129 cm³/mol. The molecule has 0 heterocycles. The number of allylic oxidation sites excluding steroid dienone is 1. The molecule has 0 fully saturated rings. The monoisotopic (exact) mass is 511 g/mol. The fraction of sp³-hybridized carbons (Fsp3) is 0.192. The highest BCUT2D eigenvalue weighted by molar-refractivity contribution is 9.10. The second-order valence-corrected chi connectivity index (χ2v) is 7.74. The van der Waals surface area contributed by atoms with E-state index in [-0.39, 0.29) is 12.4 Å². The molecule has 0 spiro atoms. The van der Waals surface area contributed by atoms with E-state index < -0.39 is 0 Å². The quantitative estimate of drug-likeness (QED) is 0.237. The molecule has 3 rings (SSSR count). The van der Waals surface area contributed by atoms with Gasteiger partial charge in [-0.05, 0) is 76.5 Å². The Bertz CT molecular complexity index is 1200. The van der Waals surface area contributed by atoms with Crippen LogP contribution in [0.25, 0.3) is 11.6 Å². The van der Waals surface area contributed by atoms with Gasteiger partial charge < -0.3 is 18.9 Å². The van der Waals surface area contributed by atoms with E-state index in [2.05, 4.69) is 22.0 Å². The standard InChI is InChI=1S/C26H23BrFNO4/c1-4-32-25-13-17(11-20(15-29)18-9-10-23(30-2)24(14-18)31-3)12-21(27)26(25)33-16-19-7-5-6-8-22(19)28/h5-14H,4,16H2,1-3H3/b20-11+. The van der Waals surface area contributed by atoms with Crippen LogP contribution in [0, 0.1) is 17.1 Å². The normalized spacial score (nSPS) is 11.0. The van der Waals surface area contributed by atoms with Gasteiger partial charge in [0.2, 0.25) is 0 Å². The summed E-state index contributed by atoms with van der Waals surface area (Å²) in [6, 6.07) is 17.6. The lowest BCUT2D eigenvalue weighted by Gasteiger charge is -2.15.